The molecule has 2 fully saturated rings. The number of carbonyl (C=O) groups excluding carboxylic acids is 1. The van der Waals surface area contributed by atoms with Crippen molar-refractivity contribution in [2.24, 2.45) is 0 Å². The molecule has 0 aromatic heterocycles. The van der Waals surface area contributed by atoms with Crippen LogP contribution in [0.1, 0.15) is 16.8 Å². The molecule has 0 radical (unpaired) electrons. The predicted molar refractivity (Wildman–Crippen MR) is 86.0 cm³/mol. The standard InChI is InChI=1S/C15H19ClN2O3S/c16-13-3-1-12(2-4-13)15(19)18-8-6-17(7-9-18)14-5-10-22(20,21)11-14/h1-4,14H,5-11H2. The Morgan fingerprint density at radius 1 is 1.09 bits per heavy atom. The van der Waals surface area contributed by atoms with Gasteiger partial charge in [0, 0.05) is 42.8 Å². The minimum absolute atomic E-state index is 0.00959. The highest BCUT2D eigenvalue weighted by atomic mass is 35.5. The van der Waals surface area contributed by atoms with E-state index in [1.54, 1.807) is 24.3 Å². The number of rotatable bonds is 2. The van der Waals surface area contributed by atoms with Crippen LogP contribution >= 0.6 is 11.6 Å². The maximum Gasteiger partial charge on any atom is 0.253 e. The highest BCUT2D eigenvalue weighted by molar-refractivity contribution is 7.91. The molecule has 0 saturated carbocycles. The molecule has 2 aliphatic heterocycles. The van der Waals surface area contributed by atoms with E-state index in [0.717, 1.165) is 13.1 Å². The normalized spacial score (nSPS) is 25.3. The van der Waals surface area contributed by atoms with E-state index in [2.05, 4.69) is 4.90 Å². The SMILES string of the molecule is O=C(c1ccc(Cl)cc1)N1CCN(C2CCS(=O)(=O)C2)CC1. The molecule has 0 bridgehead atoms. The lowest BCUT2D eigenvalue weighted by Gasteiger charge is -2.37. The molecule has 2 aliphatic rings. The molecule has 3 rings (SSSR count). The van der Waals surface area contributed by atoms with Gasteiger partial charge in [-0.2, -0.15) is 0 Å². The van der Waals surface area contributed by atoms with Crippen LogP contribution < -0.4 is 0 Å². The van der Waals surface area contributed by atoms with Crippen molar-refractivity contribution in [3.8, 4) is 0 Å². The van der Waals surface area contributed by atoms with Gasteiger partial charge in [0.05, 0.1) is 11.5 Å². The summed E-state index contributed by atoms with van der Waals surface area (Å²) in [7, 11) is -2.86. The number of sulfone groups is 1. The molecule has 2 heterocycles. The third kappa shape index (κ3) is 3.45. The van der Waals surface area contributed by atoms with Gasteiger partial charge in [-0.1, -0.05) is 11.6 Å². The zero-order chi connectivity index (χ0) is 15.7. The van der Waals surface area contributed by atoms with Crippen LogP contribution in [0.25, 0.3) is 0 Å². The van der Waals surface area contributed by atoms with Gasteiger partial charge in [0.25, 0.3) is 5.91 Å². The van der Waals surface area contributed by atoms with Gasteiger partial charge < -0.3 is 4.90 Å². The topological polar surface area (TPSA) is 57.7 Å². The summed E-state index contributed by atoms with van der Waals surface area (Å²) in [5.41, 5.74) is 0.640. The van der Waals surface area contributed by atoms with Crippen LogP contribution in [0.5, 0.6) is 0 Å². The van der Waals surface area contributed by atoms with E-state index >= 15 is 0 Å². The average molecular weight is 343 g/mol. The molecule has 120 valence electrons. The van der Waals surface area contributed by atoms with E-state index in [1.807, 2.05) is 4.90 Å². The summed E-state index contributed by atoms with van der Waals surface area (Å²) in [4.78, 5) is 16.4. The highest BCUT2D eigenvalue weighted by Crippen LogP contribution is 2.20. The maximum atomic E-state index is 12.4. The lowest BCUT2D eigenvalue weighted by atomic mass is 10.1. The Morgan fingerprint density at radius 3 is 2.27 bits per heavy atom. The van der Waals surface area contributed by atoms with Crippen LogP contribution in [0, 0.1) is 0 Å². The molecule has 0 aliphatic carbocycles. The van der Waals surface area contributed by atoms with E-state index in [-0.39, 0.29) is 17.7 Å². The fraction of sp³-hybridized carbons (Fsp3) is 0.533. The molecule has 0 spiro atoms. The smallest absolute Gasteiger partial charge is 0.253 e. The molecule has 22 heavy (non-hydrogen) atoms. The van der Waals surface area contributed by atoms with E-state index < -0.39 is 9.84 Å². The summed E-state index contributed by atoms with van der Waals surface area (Å²) in [6, 6.07) is 7.03. The van der Waals surface area contributed by atoms with Crippen LogP contribution in [0.2, 0.25) is 5.02 Å². The number of amides is 1. The zero-order valence-electron chi connectivity index (χ0n) is 12.2. The van der Waals surface area contributed by atoms with Crippen molar-refractivity contribution < 1.29 is 13.2 Å². The van der Waals surface area contributed by atoms with Crippen LogP contribution in [0.3, 0.4) is 0 Å². The third-order valence-electron chi connectivity index (χ3n) is 4.42. The van der Waals surface area contributed by atoms with E-state index in [4.69, 9.17) is 11.6 Å². The van der Waals surface area contributed by atoms with Gasteiger partial charge in [-0.15, -0.1) is 0 Å². The average Bonchev–Trinajstić information content (AvgIpc) is 2.88. The predicted octanol–water partition coefficient (Wildman–Crippen LogP) is 1.28. The van der Waals surface area contributed by atoms with E-state index in [9.17, 15) is 13.2 Å². The highest BCUT2D eigenvalue weighted by Gasteiger charge is 2.34. The first-order valence-corrected chi connectivity index (χ1v) is 9.64. The van der Waals surface area contributed by atoms with Gasteiger partial charge in [-0.05, 0) is 30.7 Å². The lowest BCUT2D eigenvalue weighted by molar-refractivity contribution is 0.0588. The first-order valence-electron chi connectivity index (χ1n) is 7.44. The number of hydrogen-bond donors (Lipinski definition) is 0. The Balaban J connectivity index is 1.57. The summed E-state index contributed by atoms with van der Waals surface area (Å²) >= 11 is 5.84. The van der Waals surface area contributed by atoms with E-state index in [1.165, 1.54) is 0 Å². The summed E-state index contributed by atoms with van der Waals surface area (Å²) in [6.45, 7) is 2.75. The van der Waals surface area contributed by atoms with Crippen LogP contribution in [-0.2, 0) is 9.84 Å². The number of halogens is 1. The third-order valence-corrected chi connectivity index (χ3v) is 6.42. The Hall–Kier alpha value is -1.11. The monoisotopic (exact) mass is 342 g/mol. The fourth-order valence-electron chi connectivity index (χ4n) is 3.13. The molecule has 1 aromatic carbocycles. The molecular formula is C15H19ClN2O3S. The molecule has 1 aromatic rings. The van der Waals surface area contributed by atoms with Crippen molar-refractivity contribution in [1.29, 1.82) is 0 Å². The summed E-state index contributed by atoms with van der Waals surface area (Å²) in [5, 5.41) is 0.615. The Bertz CT molecular complexity index is 652. The quantitative estimate of drug-likeness (QED) is 0.812. The van der Waals surface area contributed by atoms with Crippen molar-refractivity contribution >= 4 is 27.3 Å². The molecule has 2 saturated heterocycles. The second-order valence-electron chi connectivity index (χ2n) is 5.89. The first kappa shape index (κ1) is 15.8. The number of piperazine rings is 1. The second-order valence-corrected chi connectivity index (χ2v) is 8.56. The van der Waals surface area contributed by atoms with Gasteiger partial charge >= 0.3 is 0 Å². The minimum Gasteiger partial charge on any atom is -0.336 e. The molecule has 1 atom stereocenters. The van der Waals surface area contributed by atoms with Crippen molar-refractivity contribution in [2.45, 2.75) is 12.5 Å². The van der Waals surface area contributed by atoms with Gasteiger partial charge in [0.2, 0.25) is 0 Å². The number of benzene rings is 1. The summed E-state index contributed by atoms with van der Waals surface area (Å²) in [5.74, 6) is 0.565. The maximum absolute atomic E-state index is 12.4. The van der Waals surface area contributed by atoms with Crippen molar-refractivity contribution in [1.82, 2.24) is 9.80 Å². The summed E-state index contributed by atoms with van der Waals surface area (Å²) < 4.78 is 23.1. The molecule has 0 N–H and O–H groups in total. The lowest BCUT2D eigenvalue weighted by Crippen LogP contribution is -2.52. The Labute approximate surface area is 135 Å². The van der Waals surface area contributed by atoms with Gasteiger partial charge in [-0.3, -0.25) is 9.69 Å². The van der Waals surface area contributed by atoms with Crippen molar-refractivity contribution in [3.63, 3.8) is 0 Å². The Morgan fingerprint density at radius 2 is 1.73 bits per heavy atom. The zero-order valence-corrected chi connectivity index (χ0v) is 13.8. The molecule has 1 amide bonds. The molecule has 7 heteroatoms. The van der Waals surface area contributed by atoms with Gasteiger partial charge in [0.15, 0.2) is 9.84 Å². The first-order chi connectivity index (χ1) is 10.4. The number of nitrogens with zero attached hydrogens (tertiary/aromatic N) is 2. The fourth-order valence-corrected chi connectivity index (χ4v) is 5.02. The second kappa shape index (κ2) is 6.18. The van der Waals surface area contributed by atoms with Crippen LogP contribution in [0.15, 0.2) is 24.3 Å². The molecule has 5 nitrogen and oxygen atoms in total. The van der Waals surface area contributed by atoms with Gasteiger partial charge in [-0.25, -0.2) is 8.42 Å². The van der Waals surface area contributed by atoms with Crippen molar-refractivity contribution in [3.05, 3.63) is 34.9 Å². The largest absolute Gasteiger partial charge is 0.336 e. The van der Waals surface area contributed by atoms with Crippen LogP contribution in [-0.4, -0.2) is 67.9 Å². The van der Waals surface area contributed by atoms with Crippen LogP contribution in [0.4, 0.5) is 0 Å². The van der Waals surface area contributed by atoms with E-state index in [0.29, 0.717) is 35.8 Å². The number of hydrogen-bond acceptors (Lipinski definition) is 4. The summed E-state index contributed by atoms with van der Waals surface area (Å²) in [6.07, 6.45) is 0.716. The van der Waals surface area contributed by atoms with Gasteiger partial charge in [0.1, 0.15) is 0 Å². The molecular weight excluding hydrogens is 324 g/mol. The van der Waals surface area contributed by atoms with Crippen molar-refractivity contribution in [2.75, 3.05) is 37.7 Å². The molecule has 1 unspecified atom stereocenters. The number of carbonyl (C=O) groups is 1. The minimum atomic E-state index is -2.86. The Kier molecular flexibility index (Phi) is 4.43.